The number of rotatable bonds is 8. The lowest BCUT2D eigenvalue weighted by Gasteiger charge is -2.35. The Kier molecular flexibility index (Phi) is 8.87. The minimum absolute atomic E-state index is 1.12. The summed E-state index contributed by atoms with van der Waals surface area (Å²) in [6.45, 7) is 0. The van der Waals surface area contributed by atoms with E-state index in [-0.39, 0.29) is 0 Å². The van der Waals surface area contributed by atoms with Gasteiger partial charge in [0.25, 0.3) is 0 Å². The van der Waals surface area contributed by atoms with Gasteiger partial charge in [-0.25, -0.2) is 0 Å². The third kappa shape index (κ3) is 5.93. The van der Waals surface area contributed by atoms with Gasteiger partial charge in [-0.15, -0.1) is 0 Å². The number of nitrogens with zero attached hydrogens (tertiary/aromatic N) is 2. The van der Waals surface area contributed by atoms with E-state index < -0.39 is 8.07 Å². The third-order valence-electron chi connectivity index (χ3n) is 13.0. The zero-order chi connectivity index (χ0) is 41.7. The molecule has 0 radical (unpaired) electrons. The van der Waals surface area contributed by atoms with Crippen LogP contribution in [0.4, 0.5) is 0 Å². The van der Waals surface area contributed by atoms with Gasteiger partial charge < -0.3 is 9.13 Å². The van der Waals surface area contributed by atoms with Crippen LogP contribution in [0.15, 0.2) is 255 Å². The summed E-state index contributed by atoms with van der Waals surface area (Å²) >= 11 is 0. The molecule has 0 saturated heterocycles. The Balaban J connectivity index is 1.19. The topological polar surface area (TPSA) is 9.86 Å². The van der Waals surface area contributed by atoms with Gasteiger partial charge in [-0.2, -0.15) is 0 Å². The van der Waals surface area contributed by atoms with Crippen LogP contribution in [0.25, 0.3) is 77.2 Å². The first-order valence-corrected chi connectivity index (χ1v) is 23.8. The summed E-state index contributed by atoms with van der Waals surface area (Å²) in [6.07, 6.45) is 0. The fourth-order valence-corrected chi connectivity index (χ4v) is 15.3. The van der Waals surface area contributed by atoms with Gasteiger partial charge in [0.2, 0.25) is 0 Å². The second kappa shape index (κ2) is 15.2. The summed E-state index contributed by atoms with van der Waals surface area (Å²) in [6, 6.07) is 94.3. The average molecular weight is 819 g/mol. The van der Waals surface area contributed by atoms with E-state index in [4.69, 9.17) is 0 Å². The van der Waals surface area contributed by atoms with Gasteiger partial charge in [0, 0.05) is 32.9 Å². The SMILES string of the molecule is c1ccc(-c2cccc(-n3c4ccccc4c4ccc(-n5c6cc(-c7ccccc7)ccc6c6c([Si](c7ccccc7)(c7ccccc7)c7ccccc7)cccc65)cc43)c2)cc1. The minimum Gasteiger partial charge on any atom is -0.309 e. The zero-order valence-corrected chi connectivity index (χ0v) is 35.6. The maximum absolute atomic E-state index is 2.92. The summed E-state index contributed by atoms with van der Waals surface area (Å²) in [5.74, 6) is 0. The Morgan fingerprint density at radius 1 is 0.254 bits per heavy atom. The van der Waals surface area contributed by atoms with E-state index in [0.29, 0.717) is 0 Å². The van der Waals surface area contributed by atoms with Gasteiger partial charge in [0.15, 0.2) is 8.07 Å². The molecule has 0 aliphatic heterocycles. The van der Waals surface area contributed by atoms with Crippen molar-refractivity contribution in [1.82, 2.24) is 9.13 Å². The maximum atomic E-state index is 2.53. The van der Waals surface area contributed by atoms with E-state index in [1.807, 2.05) is 0 Å². The van der Waals surface area contributed by atoms with Crippen molar-refractivity contribution in [3.8, 4) is 33.6 Å². The quantitative estimate of drug-likeness (QED) is 0.107. The molecule has 12 aromatic rings. The second-order valence-corrected chi connectivity index (χ2v) is 20.2. The Labute approximate surface area is 368 Å². The second-order valence-electron chi connectivity index (χ2n) is 16.5. The van der Waals surface area contributed by atoms with Crippen LogP contribution in [0, 0.1) is 0 Å². The van der Waals surface area contributed by atoms with Gasteiger partial charge in [-0.3, -0.25) is 0 Å². The molecule has 0 spiro atoms. The first kappa shape index (κ1) is 36.8. The molecule has 10 aromatic carbocycles. The molecule has 2 nitrogen and oxygen atoms in total. The molecule has 0 amide bonds. The van der Waals surface area contributed by atoms with E-state index in [1.165, 1.54) is 86.6 Å². The van der Waals surface area contributed by atoms with Crippen molar-refractivity contribution in [2.24, 2.45) is 0 Å². The largest absolute Gasteiger partial charge is 0.309 e. The van der Waals surface area contributed by atoms with Crippen molar-refractivity contribution in [3.05, 3.63) is 255 Å². The van der Waals surface area contributed by atoms with Crippen molar-refractivity contribution < 1.29 is 0 Å². The molecule has 0 fully saturated rings. The fraction of sp³-hybridized carbons (Fsp3) is 0. The highest BCUT2D eigenvalue weighted by molar-refractivity contribution is 7.20. The monoisotopic (exact) mass is 818 g/mol. The molecule has 0 atom stereocenters. The Morgan fingerprint density at radius 2 is 0.698 bits per heavy atom. The Hall–Kier alpha value is -7.98. The number of hydrogen-bond donors (Lipinski definition) is 0. The van der Waals surface area contributed by atoms with Crippen molar-refractivity contribution in [2.75, 3.05) is 0 Å². The van der Waals surface area contributed by atoms with Crippen LogP contribution in [0.5, 0.6) is 0 Å². The molecule has 12 rings (SSSR count). The molecule has 2 heterocycles. The lowest BCUT2D eigenvalue weighted by molar-refractivity contribution is 1.15. The lowest BCUT2D eigenvalue weighted by atomic mass is 10.0. The van der Waals surface area contributed by atoms with E-state index in [0.717, 1.165) is 11.4 Å². The number of benzene rings is 10. The summed E-state index contributed by atoms with van der Waals surface area (Å²) in [4.78, 5) is 0. The van der Waals surface area contributed by atoms with Gasteiger partial charge in [-0.05, 0) is 85.5 Å². The molecule has 0 saturated carbocycles. The van der Waals surface area contributed by atoms with Crippen LogP contribution in [0.1, 0.15) is 0 Å². The Morgan fingerprint density at radius 3 is 1.33 bits per heavy atom. The van der Waals surface area contributed by atoms with Crippen LogP contribution in [-0.2, 0) is 0 Å². The average Bonchev–Trinajstić information content (AvgIpc) is 3.88. The third-order valence-corrected chi connectivity index (χ3v) is 17.9. The van der Waals surface area contributed by atoms with Crippen molar-refractivity contribution in [2.45, 2.75) is 0 Å². The Bertz CT molecular complexity index is 3500. The van der Waals surface area contributed by atoms with Gasteiger partial charge in [-0.1, -0.05) is 212 Å². The van der Waals surface area contributed by atoms with E-state index in [1.54, 1.807) is 0 Å². The fourth-order valence-electron chi connectivity index (χ4n) is 10.3. The predicted octanol–water partition coefficient (Wildman–Crippen LogP) is 12.6. The van der Waals surface area contributed by atoms with Crippen LogP contribution in [-0.4, -0.2) is 17.2 Å². The molecule has 0 bridgehead atoms. The van der Waals surface area contributed by atoms with Crippen LogP contribution in [0.2, 0.25) is 0 Å². The zero-order valence-electron chi connectivity index (χ0n) is 34.6. The van der Waals surface area contributed by atoms with Crippen LogP contribution < -0.4 is 20.7 Å². The van der Waals surface area contributed by atoms with Crippen molar-refractivity contribution in [1.29, 1.82) is 0 Å². The minimum atomic E-state index is -2.92. The molecule has 63 heavy (non-hydrogen) atoms. The van der Waals surface area contributed by atoms with Crippen LogP contribution >= 0.6 is 0 Å². The molecule has 2 aromatic heterocycles. The summed E-state index contributed by atoms with van der Waals surface area (Å²) < 4.78 is 4.98. The first-order chi connectivity index (χ1) is 31.3. The predicted molar refractivity (Wildman–Crippen MR) is 270 cm³/mol. The van der Waals surface area contributed by atoms with Gasteiger partial charge in [0.05, 0.1) is 22.1 Å². The highest BCUT2D eigenvalue weighted by Crippen LogP contribution is 2.39. The molecule has 0 aliphatic carbocycles. The summed E-state index contributed by atoms with van der Waals surface area (Å²) in [5.41, 5.74) is 11.8. The van der Waals surface area contributed by atoms with Crippen molar-refractivity contribution >= 4 is 72.4 Å². The van der Waals surface area contributed by atoms with E-state index in [2.05, 4.69) is 264 Å². The molecule has 3 heteroatoms. The smallest absolute Gasteiger partial charge is 0.180 e. The van der Waals surface area contributed by atoms with Gasteiger partial charge >= 0.3 is 0 Å². The molecular weight excluding hydrogens is 777 g/mol. The van der Waals surface area contributed by atoms with Crippen LogP contribution in [0.3, 0.4) is 0 Å². The molecule has 0 N–H and O–H groups in total. The number of fused-ring (bicyclic) bond motifs is 6. The van der Waals surface area contributed by atoms with E-state index in [9.17, 15) is 0 Å². The summed E-state index contributed by atoms with van der Waals surface area (Å²) in [7, 11) is -2.92. The highest BCUT2D eigenvalue weighted by Gasteiger charge is 2.43. The molecular formula is C60H42N2Si. The molecule has 296 valence electrons. The van der Waals surface area contributed by atoms with Crippen molar-refractivity contribution in [3.63, 3.8) is 0 Å². The normalized spacial score (nSPS) is 11.8. The molecule has 0 unspecified atom stereocenters. The number of para-hydroxylation sites is 1. The lowest BCUT2D eigenvalue weighted by Crippen LogP contribution is -2.74. The number of aromatic nitrogens is 2. The first-order valence-electron chi connectivity index (χ1n) is 21.8. The summed E-state index contributed by atoms with van der Waals surface area (Å²) in [5, 5.41) is 10.5. The van der Waals surface area contributed by atoms with E-state index >= 15 is 0 Å². The molecule has 0 aliphatic rings. The number of hydrogen-bond acceptors (Lipinski definition) is 0. The maximum Gasteiger partial charge on any atom is 0.180 e. The highest BCUT2D eigenvalue weighted by atomic mass is 28.3. The van der Waals surface area contributed by atoms with Gasteiger partial charge in [0.1, 0.15) is 0 Å². The standard InChI is InChI=1S/C60H42N2Si/c1-6-20-43(21-7-1)45-24-18-25-47(40-45)61-55-33-17-16-32-52(55)53-39-37-48(42-58(53)61)62-56-34-19-35-59(60(56)54-38-36-46(41-57(54)62)44-22-8-2-9-23-44)63(49-26-10-3-11-27-49,50-28-12-4-13-29-50)51-30-14-5-15-31-51/h1-42H.